The molecular formula is C19H18Cl2N4O4. The van der Waals surface area contributed by atoms with Crippen LogP contribution in [0.15, 0.2) is 41.4 Å². The van der Waals surface area contributed by atoms with Crippen molar-refractivity contribution in [2.24, 2.45) is 0 Å². The number of hydrogen-bond acceptors (Lipinski definition) is 6. The number of hydrogen-bond donors (Lipinski definition) is 2. The number of anilines is 1. The predicted molar refractivity (Wildman–Crippen MR) is 108 cm³/mol. The van der Waals surface area contributed by atoms with E-state index in [0.29, 0.717) is 27.1 Å². The highest BCUT2D eigenvalue weighted by atomic mass is 35.5. The molecule has 0 unspecified atom stereocenters. The van der Waals surface area contributed by atoms with Crippen molar-refractivity contribution >= 4 is 46.5 Å². The van der Waals surface area contributed by atoms with Gasteiger partial charge in [0.1, 0.15) is 11.4 Å². The Bertz CT molecular complexity index is 963. The van der Waals surface area contributed by atoms with Gasteiger partial charge in [0.05, 0.1) is 16.4 Å². The lowest BCUT2D eigenvalue weighted by Gasteiger charge is -2.21. The van der Waals surface area contributed by atoms with Crippen molar-refractivity contribution in [1.82, 2.24) is 14.7 Å². The summed E-state index contributed by atoms with van der Waals surface area (Å²) in [6, 6.07) is 4.55. The zero-order valence-corrected chi connectivity index (χ0v) is 16.8. The van der Waals surface area contributed by atoms with Gasteiger partial charge in [0.25, 0.3) is 0 Å². The molecule has 1 aliphatic carbocycles. The molecule has 1 aromatic rings. The van der Waals surface area contributed by atoms with Gasteiger partial charge in [-0.05, 0) is 18.2 Å². The van der Waals surface area contributed by atoms with Crippen LogP contribution in [0, 0.1) is 0 Å². The summed E-state index contributed by atoms with van der Waals surface area (Å²) in [5, 5.41) is 11.2. The van der Waals surface area contributed by atoms with Gasteiger partial charge in [-0.15, -0.1) is 0 Å². The Balaban J connectivity index is 0.000000152. The van der Waals surface area contributed by atoms with Crippen LogP contribution in [0.4, 0.5) is 10.5 Å². The molecule has 4 aliphatic rings. The van der Waals surface area contributed by atoms with E-state index >= 15 is 0 Å². The fraction of sp³-hybridized carbons (Fsp3) is 0.316. The quantitative estimate of drug-likeness (QED) is 0.552. The molecule has 0 atom stereocenters. The summed E-state index contributed by atoms with van der Waals surface area (Å²) in [4.78, 5) is 40.7. The molecular weight excluding hydrogens is 419 g/mol. The van der Waals surface area contributed by atoms with E-state index in [0.717, 1.165) is 39.3 Å². The first-order chi connectivity index (χ1) is 13.8. The van der Waals surface area contributed by atoms with Gasteiger partial charge in [-0.1, -0.05) is 23.2 Å². The van der Waals surface area contributed by atoms with Crippen molar-refractivity contribution in [3.8, 4) is 0 Å². The van der Waals surface area contributed by atoms with Crippen molar-refractivity contribution < 1.29 is 19.5 Å². The van der Waals surface area contributed by atoms with Crippen molar-refractivity contribution in [2.45, 2.75) is 0 Å². The van der Waals surface area contributed by atoms with Crippen LogP contribution in [0.25, 0.3) is 0 Å². The average molecular weight is 437 g/mol. The number of nitrogens with zero attached hydrogens (tertiary/aromatic N) is 3. The summed E-state index contributed by atoms with van der Waals surface area (Å²) < 4.78 is 0. The number of rotatable bonds is 4. The van der Waals surface area contributed by atoms with Crippen LogP contribution < -0.4 is 5.32 Å². The number of Topliss-reactive ketones (excluding diaryl/α,β-unsaturated/α-hetero) is 1. The second-order valence-electron chi connectivity index (χ2n) is 6.94. The number of carboxylic acid groups (broad SMARTS) is 1. The Morgan fingerprint density at radius 2 is 1.52 bits per heavy atom. The lowest BCUT2D eigenvalue weighted by molar-refractivity contribution is -0.117. The molecule has 0 spiro atoms. The molecule has 5 rings (SSSR count). The number of halogens is 2. The van der Waals surface area contributed by atoms with Crippen molar-refractivity contribution in [3.63, 3.8) is 0 Å². The van der Waals surface area contributed by atoms with E-state index in [1.807, 2.05) is 14.7 Å². The van der Waals surface area contributed by atoms with Gasteiger partial charge in [0.2, 0.25) is 11.6 Å². The first-order valence-electron chi connectivity index (χ1n) is 9.10. The molecule has 2 N–H and O–H groups in total. The molecule has 0 bridgehead atoms. The van der Waals surface area contributed by atoms with Gasteiger partial charge < -0.3 is 19.8 Å². The summed E-state index contributed by atoms with van der Waals surface area (Å²) in [6.07, 6.45) is 0.356. The molecule has 8 nitrogen and oxygen atoms in total. The van der Waals surface area contributed by atoms with E-state index in [2.05, 4.69) is 5.32 Å². The molecule has 152 valence electrons. The van der Waals surface area contributed by atoms with Gasteiger partial charge in [-0.2, -0.15) is 0 Å². The Kier molecular flexibility index (Phi) is 5.14. The van der Waals surface area contributed by atoms with Crippen molar-refractivity contribution in [2.75, 3.05) is 44.6 Å². The Morgan fingerprint density at radius 3 is 2.07 bits per heavy atom. The molecule has 0 aromatic heterocycles. The van der Waals surface area contributed by atoms with Crippen LogP contribution >= 0.6 is 23.2 Å². The van der Waals surface area contributed by atoms with E-state index < -0.39 is 6.09 Å². The standard InChI is InChI=1S/C12H13N3O2.C7H5Cl2NO2/c16-9-7-8(13-1-2-13)12(17)11(15-5-6-15)10(9)14-3-4-14;8-4-1-2-5(9)6(3-4)10-7(11)12/h7H,1-6H2;1-3,10H,(H,11,12). The van der Waals surface area contributed by atoms with Gasteiger partial charge in [-0.3, -0.25) is 14.9 Å². The van der Waals surface area contributed by atoms with Gasteiger partial charge >= 0.3 is 6.09 Å². The highest BCUT2D eigenvalue weighted by molar-refractivity contribution is 6.35. The molecule has 10 heteroatoms. The third-order valence-electron chi connectivity index (χ3n) is 4.66. The molecule has 0 saturated carbocycles. The van der Waals surface area contributed by atoms with Crippen LogP contribution in [0.3, 0.4) is 0 Å². The van der Waals surface area contributed by atoms with E-state index in [9.17, 15) is 14.4 Å². The summed E-state index contributed by atoms with van der Waals surface area (Å²) in [6.45, 7) is 5.41. The maximum atomic E-state index is 12.4. The average Bonchev–Trinajstić information content (AvgIpc) is 3.52. The van der Waals surface area contributed by atoms with Gasteiger partial charge in [0.15, 0.2) is 0 Å². The molecule has 29 heavy (non-hydrogen) atoms. The highest BCUT2D eigenvalue weighted by Crippen LogP contribution is 2.34. The number of allylic oxidation sites excluding steroid dienone is 1. The third kappa shape index (κ3) is 4.49. The largest absolute Gasteiger partial charge is 0.465 e. The minimum atomic E-state index is -1.17. The van der Waals surface area contributed by atoms with Crippen LogP contribution in [0.2, 0.25) is 10.0 Å². The van der Waals surface area contributed by atoms with E-state index in [-0.39, 0.29) is 17.3 Å². The molecule has 1 amide bonds. The maximum absolute atomic E-state index is 12.4. The molecule has 3 heterocycles. The monoisotopic (exact) mass is 436 g/mol. The zero-order chi connectivity index (χ0) is 20.7. The number of carbonyl (C=O) groups is 3. The second-order valence-corrected chi connectivity index (χ2v) is 7.78. The maximum Gasteiger partial charge on any atom is 0.409 e. The number of carbonyl (C=O) groups excluding carboxylic acids is 2. The summed E-state index contributed by atoms with van der Waals surface area (Å²) >= 11 is 11.3. The first kappa shape index (κ1) is 19.6. The molecule has 3 aliphatic heterocycles. The van der Waals surface area contributed by atoms with E-state index in [1.54, 1.807) is 6.07 Å². The number of amides is 1. The number of ketones is 2. The van der Waals surface area contributed by atoms with E-state index in [4.69, 9.17) is 28.3 Å². The minimum Gasteiger partial charge on any atom is -0.465 e. The van der Waals surface area contributed by atoms with Crippen LogP contribution in [0.5, 0.6) is 0 Å². The topological polar surface area (TPSA) is 92.5 Å². The SMILES string of the molecule is O=C(O)Nc1cc(Cl)ccc1Cl.O=C1C=C(N2CC2)C(=O)C(N2CC2)=C1N1CC1. The fourth-order valence-electron chi connectivity index (χ4n) is 2.98. The fourth-order valence-corrected chi connectivity index (χ4v) is 3.32. The first-order valence-corrected chi connectivity index (χ1v) is 9.85. The number of benzene rings is 1. The van der Waals surface area contributed by atoms with Crippen LogP contribution in [0.1, 0.15) is 0 Å². The van der Waals surface area contributed by atoms with E-state index in [1.165, 1.54) is 18.2 Å². The van der Waals surface area contributed by atoms with Crippen LogP contribution in [-0.4, -0.2) is 76.7 Å². The Labute approximate surface area is 176 Å². The highest BCUT2D eigenvalue weighted by Gasteiger charge is 2.43. The Morgan fingerprint density at radius 1 is 0.931 bits per heavy atom. The van der Waals surface area contributed by atoms with Crippen LogP contribution in [-0.2, 0) is 9.59 Å². The predicted octanol–water partition coefficient (Wildman–Crippen LogP) is 2.26. The molecule has 0 radical (unpaired) electrons. The lowest BCUT2D eigenvalue weighted by Crippen LogP contribution is -2.29. The third-order valence-corrected chi connectivity index (χ3v) is 5.22. The van der Waals surface area contributed by atoms with Gasteiger partial charge in [0, 0.05) is 50.4 Å². The van der Waals surface area contributed by atoms with Crippen molar-refractivity contribution in [3.05, 3.63) is 51.4 Å². The smallest absolute Gasteiger partial charge is 0.409 e. The summed E-state index contributed by atoms with van der Waals surface area (Å²) in [5.74, 6) is 0.0485. The summed E-state index contributed by atoms with van der Waals surface area (Å²) in [7, 11) is 0. The minimum absolute atomic E-state index is 0.00546. The molecule has 3 fully saturated rings. The van der Waals surface area contributed by atoms with Gasteiger partial charge in [-0.25, -0.2) is 4.79 Å². The zero-order valence-electron chi connectivity index (χ0n) is 15.3. The second kappa shape index (κ2) is 7.61. The molecule has 1 aromatic carbocycles. The summed E-state index contributed by atoms with van der Waals surface area (Å²) in [5.41, 5.74) is 2.18. The van der Waals surface area contributed by atoms with Crippen molar-refractivity contribution in [1.29, 1.82) is 0 Å². The normalized spacial score (nSPS) is 19.5. The lowest BCUT2D eigenvalue weighted by atomic mass is 10.0. The number of nitrogens with one attached hydrogen (secondary N) is 1. The Hall–Kier alpha value is -2.71. The molecule has 3 saturated heterocycles.